The van der Waals surface area contributed by atoms with E-state index in [2.05, 4.69) is 4.98 Å². The second kappa shape index (κ2) is 6.10. The van der Waals surface area contributed by atoms with Gasteiger partial charge in [-0.2, -0.15) is 0 Å². The van der Waals surface area contributed by atoms with Crippen LogP contribution in [0.1, 0.15) is 5.56 Å². The molecule has 1 heterocycles. The quantitative estimate of drug-likeness (QED) is 0.823. The third kappa shape index (κ3) is 3.62. The van der Waals surface area contributed by atoms with E-state index < -0.39 is 0 Å². The molecule has 0 bridgehead atoms. The van der Waals surface area contributed by atoms with Crippen LogP contribution in [0, 0.1) is 0 Å². The van der Waals surface area contributed by atoms with Gasteiger partial charge in [0.2, 0.25) is 0 Å². The summed E-state index contributed by atoms with van der Waals surface area (Å²) in [6.07, 6.45) is 2.95. The lowest BCUT2D eigenvalue weighted by atomic mass is 10.2. The maximum Gasteiger partial charge on any atom is 0.253 e. The van der Waals surface area contributed by atoms with Crippen molar-refractivity contribution in [2.45, 2.75) is 6.54 Å². The smallest absolute Gasteiger partial charge is 0.253 e. The molecule has 5 nitrogen and oxygen atoms in total. The number of hydrogen-bond acceptors (Lipinski definition) is 4. The zero-order valence-corrected chi connectivity index (χ0v) is 11.0. The number of hydrogen-bond donors (Lipinski definition) is 1. The molecule has 0 amide bonds. The van der Waals surface area contributed by atoms with Crippen LogP contribution in [-0.2, 0) is 6.54 Å². The van der Waals surface area contributed by atoms with Crippen LogP contribution in [-0.4, -0.2) is 21.1 Å². The van der Waals surface area contributed by atoms with Crippen molar-refractivity contribution in [1.82, 2.24) is 9.55 Å². The third-order valence-electron chi connectivity index (χ3n) is 2.53. The molecule has 0 aliphatic rings. The molecule has 19 heavy (non-hydrogen) atoms. The van der Waals surface area contributed by atoms with Crippen LogP contribution in [0.25, 0.3) is 0 Å². The number of nitrogens with zero attached hydrogens (tertiary/aromatic N) is 2. The van der Waals surface area contributed by atoms with E-state index in [0.717, 1.165) is 5.56 Å². The lowest BCUT2D eigenvalue weighted by Gasteiger charge is -2.08. The zero-order chi connectivity index (χ0) is 13.7. The molecule has 0 aliphatic heterocycles. The van der Waals surface area contributed by atoms with Gasteiger partial charge in [-0.05, 0) is 24.3 Å². The third-order valence-corrected chi connectivity index (χ3v) is 2.77. The van der Waals surface area contributed by atoms with Crippen LogP contribution in [0.3, 0.4) is 0 Å². The van der Waals surface area contributed by atoms with Crippen molar-refractivity contribution in [2.75, 3.05) is 6.61 Å². The summed E-state index contributed by atoms with van der Waals surface area (Å²) in [5.41, 5.74) is 6.20. The summed E-state index contributed by atoms with van der Waals surface area (Å²) < 4.78 is 7.02. The number of ether oxygens (including phenoxy) is 1. The van der Waals surface area contributed by atoms with E-state index in [1.54, 1.807) is 24.3 Å². The van der Waals surface area contributed by atoms with E-state index in [4.69, 9.17) is 22.7 Å². The van der Waals surface area contributed by atoms with E-state index in [-0.39, 0.29) is 5.56 Å². The number of nitrogens with two attached hydrogens (primary N) is 1. The van der Waals surface area contributed by atoms with Gasteiger partial charge in [0.1, 0.15) is 17.3 Å². The van der Waals surface area contributed by atoms with Gasteiger partial charge in [0.05, 0.1) is 12.9 Å². The second-order valence-corrected chi connectivity index (χ2v) is 4.29. The van der Waals surface area contributed by atoms with Gasteiger partial charge in [0.25, 0.3) is 5.56 Å². The lowest BCUT2D eigenvalue weighted by Crippen LogP contribution is -2.22. The summed E-state index contributed by atoms with van der Waals surface area (Å²) in [7, 11) is 0. The molecule has 0 saturated heterocycles. The molecule has 0 atom stereocenters. The molecule has 1 aromatic carbocycles. The van der Waals surface area contributed by atoms with Crippen molar-refractivity contribution in [3.05, 3.63) is 58.8 Å². The van der Waals surface area contributed by atoms with Gasteiger partial charge in [-0.3, -0.25) is 9.36 Å². The van der Waals surface area contributed by atoms with Crippen LogP contribution < -0.4 is 16.0 Å². The van der Waals surface area contributed by atoms with Crippen LogP contribution in [0.5, 0.6) is 5.75 Å². The first-order valence-electron chi connectivity index (χ1n) is 5.70. The van der Waals surface area contributed by atoms with Gasteiger partial charge in [-0.25, -0.2) is 4.98 Å². The van der Waals surface area contributed by atoms with Gasteiger partial charge in [0, 0.05) is 17.8 Å². The van der Waals surface area contributed by atoms with Crippen LogP contribution in [0.15, 0.2) is 47.7 Å². The molecule has 0 spiro atoms. The predicted molar refractivity (Wildman–Crippen MR) is 76.3 cm³/mol. The summed E-state index contributed by atoms with van der Waals surface area (Å²) in [6, 6.07) is 8.60. The summed E-state index contributed by atoms with van der Waals surface area (Å²) in [5.74, 6) is 0.705. The monoisotopic (exact) mass is 275 g/mol. The molecular formula is C13H13N3O2S. The Morgan fingerprint density at radius 2 is 2.05 bits per heavy atom. The normalized spacial score (nSPS) is 10.1. The zero-order valence-electron chi connectivity index (χ0n) is 10.2. The maximum atomic E-state index is 11.4. The van der Waals surface area contributed by atoms with Crippen molar-refractivity contribution >= 4 is 17.2 Å². The number of thiocarbonyl (C=S) groups is 1. The fraction of sp³-hybridized carbons (Fsp3) is 0.154. The highest BCUT2D eigenvalue weighted by Gasteiger charge is 1.99. The topological polar surface area (TPSA) is 70.1 Å². The van der Waals surface area contributed by atoms with Gasteiger partial charge in [0.15, 0.2) is 0 Å². The van der Waals surface area contributed by atoms with Gasteiger partial charge in [-0.15, -0.1) is 0 Å². The molecule has 0 aliphatic carbocycles. The number of rotatable bonds is 5. The van der Waals surface area contributed by atoms with Crippen LogP contribution in [0.4, 0.5) is 0 Å². The van der Waals surface area contributed by atoms with Crippen molar-refractivity contribution in [1.29, 1.82) is 0 Å². The maximum absolute atomic E-state index is 11.4. The Morgan fingerprint density at radius 1 is 1.32 bits per heavy atom. The highest BCUT2D eigenvalue weighted by atomic mass is 32.1. The highest BCUT2D eigenvalue weighted by molar-refractivity contribution is 7.80. The molecule has 0 unspecified atom stereocenters. The minimum Gasteiger partial charge on any atom is -0.492 e. The van der Waals surface area contributed by atoms with Crippen LogP contribution in [0.2, 0.25) is 0 Å². The SMILES string of the molecule is NC(=S)c1ccc(OCCn2cnccc2=O)cc1. The Labute approximate surface area is 115 Å². The molecule has 98 valence electrons. The summed E-state index contributed by atoms with van der Waals surface area (Å²) >= 11 is 4.86. The Bertz CT molecular complexity index is 622. The molecular weight excluding hydrogens is 262 g/mol. The lowest BCUT2D eigenvalue weighted by molar-refractivity contribution is 0.295. The number of aromatic nitrogens is 2. The van der Waals surface area contributed by atoms with E-state index in [1.165, 1.54) is 23.2 Å². The second-order valence-electron chi connectivity index (χ2n) is 3.85. The first-order valence-corrected chi connectivity index (χ1v) is 6.11. The first kappa shape index (κ1) is 13.2. The van der Waals surface area contributed by atoms with E-state index in [0.29, 0.717) is 23.9 Å². The Kier molecular flexibility index (Phi) is 4.25. The van der Waals surface area contributed by atoms with E-state index in [9.17, 15) is 4.79 Å². The number of benzene rings is 1. The highest BCUT2D eigenvalue weighted by Crippen LogP contribution is 2.11. The standard InChI is InChI=1S/C13H13N3O2S/c14-13(19)10-1-3-11(4-2-10)18-8-7-16-9-15-6-5-12(16)17/h1-6,9H,7-8H2,(H2,14,19). The Morgan fingerprint density at radius 3 is 2.68 bits per heavy atom. The average molecular weight is 275 g/mol. The average Bonchev–Trinajstić information content (AvgIpc) is 2.41. The molecule has 2 N–H and O–H groups in total. The van der Waals surface area contributed by atoms with Crippen molar-refractivity contribution in [3.63, 3.8) is 0 Å². The van der Waals surface area contributed by atoms with Gasteiger partial charge < -0.3 is 10.5 Å². The largest absolute Gasteiger partial charge is 0.492 e. The fourth-order valence-corrected chi connectivity index (χ4v) is 1.66. The molecule has 0 fully saturated rings. The summed E-state index contributed by atoms with van der Waals surface area (Å²) in [5, 5.41) is 0. The van der Waals surface area contributed by atoms with E-state index in [1.807, 2.05) is 0 Å². The molecule has 1 aromatic heterocycles. The molecule has 2 aromatic rings. The van der Waals surface area contributed by atoms with Gasteiger partial charge in [-0.1, -0.05) is 12.2 Å². The predicted octanol–water partition coefficient (Wildman–Crippen LogP) is 0.957. The van der Waals surface area contributed by atoms with Crippen molar-refractivity contribution in [2.24, 2.45) is 5.73 Å². The first-order chi connectivity index (χ1) is 9.16. The molecule has 6 heteroatoms. The molecule has 0 saturated carbocycles. The fourth-order valence-electron chi connectivity index (χ4n) is 1.52. The minimum absolute atomic E-state index is 0.0950. The molecule has 0 radical (unpaired) electrons. The Balaban J connectivity index is 1.91. The van der Waals surface area contributed by atoms with Crippen LogP contribution >= 0.6 is 12.2 Å². The minimum atomic E-state index is -0.0950. The molecule has 2 rings (SSSR count). The van der Waals surface area contributed by atoms with Crippen molar-refractivity contribution < 1.29 is 4.74 Å². The van der Waals surface area contributed by atoms with Gasteiger partial charge >= 0.3 is 0 Å². The summed E-state index contributed by atoms with van der Waals surface area (Å²) in [6.45, 7) is 0.835. The summed E-state index contributed by atoms with van der Waals surface area (Å²) in [4.78, 5) is 15.7. The van der Waals surface area contributed by atoms with Crippen molar-refractivity contribution in [3.8, 4) is 5.75 Å². The Hall–Kier alpha value is -2.21. The van der Waals surface area contributed by atoms with E-state index >= 15 is 0 Å².